The molecule has 5 heterocycles. The van der Waals surface area contributed by atoms with Crippen LogP contribution in [0.25, 0.3) is 16.0 Å². The van der Waals surface area contributed by atoms with Crippen LogP contribution in [0.1, 0.15) is 0 Å². The van der Waals surface area contributed by atoms with Crippen molar-refractivity contribution >= 4 is 50.9 Å². The van der Waals surface area contributed by atoms with Gasteiger partial charge >= 0.3 is 6.03 Å². The summed E-state index contributed by atoms with van der Waals surface area (Å²) >= 11 is 1.44. The van der Waals surface area contributed by atoms with Crippen LogP contribution in [-0.2, 0) is 0 Å². The van der Waals surface area contributed by atoms with E-state index in [1.807, 2.05) is 28.8 Å². The second-order valence-corrected chi connectivity index (χ2v) is 7.22. The molecule has 0 saturated carbocycles. The van der Waals surface area contributed by atoms with Crippen LogP contribution in [0.2, 0.25) is 0 Å². The van der Waals surface area contributed by atoms with Gasteiger partial charge in [-0.3, -0.25) is 9.72 Å². The molecule has 0 unspecified atom stereocenters. The molecule has 4 aromatic heterocycles. The van der Waals surface area contributed by atoms with Gasteiger partial charge in [0.25, 0.3) is 0 Å². The number of urea groups is 1. The fourth-order valence-corrected chi connectivity index (χ4v) is 3.98. The first-order valence-electron chi connectivity index (χ1n) is 8.79. The zero-order chi connectivity index (χ0) is 19.1. The fraction of sp³-hybridized carbons (Fsp3) is 0.235. The number of nitrogen functional groups attached to an aromatic ring is 1. The highest BCUT2D eigenvalue weighted by Gasteiger charge is 2.25. The molecule has 2 amide bonds. The number of amides is 2. The number of carbonyl (C=O) groups excluding carboxylic acids is 1. The van der Waals surface area contributed by atoms with Crippen molar-refractivity contribution in [1.82, 2.24) is 29.2 Å². The molecule has 0 bridgehead atoms. The lowest BCUT2D eigenvalue weighted by molar-refractivity contribution is 0.208. The molecule has 5 rings (SSSR count). The molecule has 28 heavy (non-hydrogen) atoms. The number of aromatic nitrogens is 5. The summed E-state index contributed by atoms with van der Waals surface area (Å²) in [5.41, 5.74) is 9.11. The molecule has 1 fully saturated rings. The fourth-order valence-electron chi connectivity index (χ4n) is 3.32. The maximum atomic E-state index is 12.7. The molecule has 3 N–H and O–H groups in total. The van der Waals surface area contributed by atoms with Gasteiger partial charge in [-0.1, -0.05) is 6.07 Å². The summed E-state index contributed by atoms with van der Waals surface area (Å²) in [5.74, 6) is 1.61. The highest BCUT2D eigenvalue weighted by atomic mass is 32.1. The molecule has 0 aliphatic carbocycles. The average Bonchev–Trinajstić information content (AvgIpc) is 3.35. The minimum Gasteiger partial charge on any atom is -0.368 e. The Hall–Kier alpha value is -3.47. The molecule has 1 saturated heterocycles. The highest BCUT2D eigenvalue weighted by Crippen LogP contribution is 2.26. The SMILES string of the molecule is Nc1nc(N2CCN(C(=O)Nc3cnc4ccccn34)CC2)c2ncsc2n1. The number of carbonyl (C=O) groups is 1. The number of imidazole rings is 1. The molecule has 1 aliphatic heterocycles. The lowest BCUT2D eigenvalue weighted by atomic mass is 10.3. The molecule has 0 atom stereocenters. The van der Waals surface area contributed by atoms with Crippen molar-refractivity contribution in [3.05, 3.63) is 36.1 Å². The number of hydrogen-bond donors (Lipinski definition) is 2. The van der Waals surface area contributed by atoms with Gasteiger partial charge in [0.05, 0.1) is 11.7 Å². The Labute approximate surface area is 163 Å². The zero-order valence-electron chi connectivity index (χ0n) is 14.8. The normalized spacial score (nSPS) is 14.7. The van der Waals surface area contributed by atoms with E-state index in [1.54, 1.807) is 16.6 Å². The molecule has 142 valence electrons. The van der Waals surface area contributed by atoms with Crippen molar-refractivity contribution < 1.29 is 4.79 Å². The number of nitrogens with zero attached hydrogens (tertiary/aromatic N) is 7. The van der Waals surface area contributed by atoms with Gasteiger partial charge in [0, 0.05) is 32.4 Å². The van der Waals surface area contributed by atoms with Crippen molar-refractivity contribution in [2.75, 3.05) is 42.1 Å². The van der Waals surface area contributed by atoms with Crippen LogP contribution in [0.15, 0.2) is 36.1 Å². The van der Waals surface area contributed by atoms with Crippen LogP contribution < -0.4 is 16.0 Å². The van der Waals surface area contributed by atoms with Gasteiger partial charge in [-0.05, 0) is 12.1 Å². The van der Waals surface area contributed by atoms with Gasteiger partial charge in [0.2, 0.25) is 5.95 Å². The summed E-state index contributed by atoms with van der Waals surface area (Å²) in [7, 11) is 0. The average molecular weight is 395 g/mol. The Balaban J connectivity index is 1.29. The van der Waals surface area contributed by atoms with E-state index in [2.05, 4.69) is 30.2 Å². The molecular formula is C17H17N9OS. The van der Waals surface area contributed by atoms with E-state index in [0.717, 1.165) is 21.8 Å². The number of rotatable bonds is 2. The number of nitrogens with two attached hydrogens (primary N) is 1. The number of anilines is 3. The van der Waals surface area contributed by atoms with Crippen LogP contribution in [0.5, 0.6) is 0 Å². The third-order valence-corrected chi connectivity index (χ3v) is 5.43. The molecule has 0 spiro atoms. The summed E-state index contributed by atoms with van der Waals surface area (Å²) in [6.07, 6.45) is 3.53. The Kier molecular flexibility index (Phi) is 3.93. The largest absolute Gasteiger partial charge is 0.368 e. The third-order valence-electron chi connectivity index (χ3n) is 4.72. The van der Waals surface area contributed by atoms with Gasteiger partial charge < -0.3 is 15.5 Å². The second kappa shape index (κ2) is 6.60. The summed E-state index contributed by atoms with van der Waals surface area (Å²) in [6, 6.07) is 5.55. The van der Waals surface area contributed by atoms with Crippen molar-refractivity contribution in [3.63, 3.8) is 0 Å². The smallest absolute Gasteiger partial charge is 0.323 e. The summed E-state index contributed by atoms with van der Waals surface area (Å²) in [5, 5.41) is 2.94. The number of thiazole rings is 1. The van der Waals surface area contributed by atoms with Gasteiger partial charge in [-0.25, -0.2) is 19.7 Å². The Morgan fingerprint density at radius 1 is 1.14 bits per heavy atom. The third kappa shape index (κ3) is 2.85. The Morgan fingerprint density at radius 3 is 2.86 bits per heavy atom. The Bertz CT molecular complexity index is 1160. The molecule has 4 aromatic rings. The molecule has 0 aromatic carbocycles. The maximum absolute atomic E-state index is 12.7. The number of nitrogens with one attached hydrogen (secondary N) is 1. The molecular weight excluding hydrogens is 378 g/mol. The molecule has 10 nitrogen and oxygen atoms in total. The van der Waals surface area contributed by atoms with Crippen molar-refractivity contribution in [2.45, 2.75) is 0 Å². The lowest BCUT2D eigenvalue weighted by Crippen LogP contribution is -2.50. The van der Waals surface area contributed by atoms with Crippen LogP contribution in [-0.4, -0.2) is 61.4 Å². The standard InChI is InChI=1S/C17H17N9OS/c18-16-22-14(13-15(23-16)28-10-20-13)24-5-7-25(8-6-24)17(27)21-12-9-19-11-3-1-2-4-26(11)12/h1-4,9-10H,5-8H2,(H,21,27)(H2,18,22,23). The van der Waals surface area contributed by atoms with Gasteiger partial charge in [0.15, 0.2) is 10.6 Å². The summed E-state index contributed by atoms with van der Waals surface area (Å²) < 4.78 is 1.84. The highest BCUT2D eigenvalue weighted by molar-refractivity contribution is 7.16. The van der Waals surface area contributed by atoms with Crippen molar-refractivity contribution in [2.24, 2.45) is 0 Å². The topological polar surface area (TPSA) is 118 Å². The number of piperazine rings is 1. The first-order valence-corrected chi connectivity index (χ1v) is 9.67. The summed E-state index contributed by atoms with van der Waals surface area (Å²) in [4.78, 5) is 34.6. The summed E-state index contributed by atoms with van der Waals surface area (Å²) in [6.45, 7) is 2.42. The molecule has 11 heteroatoms. The Morgan fingerprint density at radius 2 is 2.00 bits per heavy atom. The minimum atomic E-state index is -0.147. The van der Waals surface area contributed by atoms with Crippen LogP contribution in [0.3, 0.4) is 0 Å². The molecule has 0 radical (unpaired) electrons. The predicted octanol–water partition coefficient (Wildman–Crippen LogP) is 1.67. The first-order chi connectivity index (χ1) is 13.7. The van der Waals surface area contributed by atoms with Gasteiger partial charge in [-0.2, -0.15) is 4.98 Å². The van der Waals surface area contributed by atoms with E-state index >= 15 is 0 Å². The van der Waals surface area contributed by atoms with Crippen molar-refractivity contribution in [3.8, 4) is 0 Å². The van der Waals surface area contributed by atoms with E-state index in [1.165, 1.54) is 11.3 Å². The van der Waals surface area contributed by atoms with Crippen molar-refractivity contribution in [1.29, 1.82) is 0 Å². The van der Waals surface area contributed by atoms with E-state index in [0.29, 0.717) is 32.0 Å². The number of fused-ring (bicyclic) bond motifs is 2. The quantitative estimate of drug-likeness (QED) is 0.530. The van der Waals surface area contributed by atoms with Gasteiger partial charge in [-0.15, -0.1) is 11.3 Å². The maximum Gasteiger partial charge on any atom is 0.323 e. The van der Waals surface area contributed by atoms with E-state index in [9.17, 15) is 4.79 Å². The lowest BCUT2D eigenvalue weighted by Gasteiger charge is -2.35. The monoisotopic (exact) mass is 395 g/mol. The van der Waals surface area contributed by atoms with Gasteiger partial charge in [0.1, 0.15) is 17.0 Å². The van der Waals surface area contributed by atoms with E-state index < -0.39 is 0 Å². The van der Waals surface area contributed by atoms with Crippen LogP contribution in [0.4, 0.5) is 22.4 Å². The minimum absolute atomic E-state index is 0.147. The molecule has 1 aliphatic rings. The number of pyridine rings is 1. The van der Waals surface area contributed by atoms with Crippen LogP contribution in [0, 0.1) is 0 Å². The van der Waals surface area contributed by atoms with E-state index in [4.69, 9.17) is 5.73 Å². The zero-order valence-corrected chi connectivity index (χ0v) is 15.6. The number of hydrogen-bond acceptors (Lipinski definition) is 8. The predicted molar refractivity (Wildman–Crippen MR) is 108 cm³/mol. The van der Waals surface area contributed by atoms with Crippen LogP contribution >= 0.6 is 11.3 Å². The second-order valence-electron chi connectivity index (χ2n) is 6.39. The van der Waals surface area contributed by atoms with E-state index in [-0.39, 0.29) is 12.0 Å². The first kappa shape index (κ1) is 16.7.